The van der Waals surface area contributed by atoms with E-state index in [9.17, 15) is 4.79 Å². The molecule has 1 saturated carbocycles. The number of amides is 1. The van der Waals surface area contributed by atoms with Crippen molar-refractivity contribution in [2.75, 3.05) is 6.54 Å². The van der Waals surface area contributed by atoms with Crippen molar-refractivity contribution in [3.63, 3.8) is 0 Å². The van der Waals surface area contributed by atoms with Gasteiger partial charge in [0.05, 0.1) is 12.1 Å². The largest absolute Gasteiger partial charge is 0.444 e. The lowest BCUT2D eigenvalue weighted by Gasteiger charge is -2.32. The Labute approximate surface area is 127 Å². The van der Waals surface area contributed by atoms with Crippen LogP contribution in [0.5, 0.6) is 0 Å². The lowest BCUT2D eigenvalue weighted by Crippen LogP contribution is -2.52. The maximum atomic E-state index is 12.0. The van der Waals surface area contributed by atoms with Crippen molar-refractivity contribution in [3.8, 4) is 0 Å². The van der Waals surface area contributed by atoms with E-state index >= 15 is 0 Å². The van der Waals surface area contributed by atoms with Gasteiger partial charge in [-0.3, -0.25) is 4.99 Å². The topological polar surface area (TPSA) is 88.7 Å². The highest BCUT2D eigenvalue weighted by atomic mass is 16.6. The first-order chi connectivity index (χ1) is 9.69. The second-order valence-electron chi connectivity index (χ2n) is 6.73. The Morgan fingerprint density at radius 2 is 1.86 bits per heavy atom. The molecule has 0 radical (unpaired) electrons. The van der Waals surface area contributed by atoms with Gasteiger partial charge in [0.25, 0.3) is 0 Å². The molecule has 1 aliphatic carbocycles. The summed E-state index contributed by atoms with van der Waals surface area (Å²) in [5.41, 5.74) is 4.93. The van der Waals surface area contributed by atoms with Crippen LogP contribution >= 0.6 is 0 Å². The maximum absolute atomic E-state index is 12.0. The van der Waals surface area contributed by atoms with E-state index in [-0.39, 0.29) is 0 Å². The minimum absolute atomic E-state index is 0.407. The van der Waals surface area contributed by atoms with Gasteiger partial charge in [0.2, 0.25) is 0 Å². The molecule has 0 aromatic carbocycles. The average molecular weight is 298 g/mol. The third kappa shape index (κ3) is 6.69. The molecule has 0 bridgehead atoms. The Bertz CT molecular complexity index is 380. The number of alkyl carbamates (subject to hydrolysis) is 1. The van der Waals surface area contributed by atoms with Crippen LogP contribution in [0.3, 0.4) is 0 Å². The summed E-state index contributed by atoms with van der Waals surface area (Å²) in [6.07, 6.45) is 3.43. The smallest absolute Gasteiger partial charge is 0.408 e. The fourth-order valence-corrected chi connectivity index (χ4v) is 1.93. The molecular formula is C15H30N4O2. The van der Waals surface area contributed by atoms with Crippen LogP contribution in [-0.2, 0) is 4.74 Å². The Kier molecular flexibility index (Phi) is 5.87. The van der Waals surface area contributed by atoms with E-state index in [1.165, 1.54) is 0 Å². The van der Waals surface area contributed by atoms with Gasteiger partial charge in [0.1, 0.15) is 5.60 Å². The van der Waals surface area contributed by atoms with Crippen LogP contribution in [0.4, 0.5) is 4.79 Å². The van der Waals surface area contributed by atoms with Crippen molar-refractivity contribution < 1.29 is 9.53 Å². The minimum Gasteiger partial charge on any atom is -0.444 e. The molecule has 0 saturated heterocycles. The third-order valence-electron chi connectivity index (χ3n) is 3.60. The molecule has 4 N–H and O–H groups in total. The zero-order chi connectivity index (χ0) is 16.1. The molecule has 6 nitrogen and oxygen atoms in total. The van der Waals surface area contributed by atoms with Crippen molar-refractivity contribution >= 4 is 12.1 Å². The highest BCUT2D eigenvalue weighted by Gasteiger charge is 2.30. The molecule has 1 amide bonds. The standard InChI is InChI=1S/C15H30N4O2/c1-6-15(7-2,19-13(20)21-14(3,4)5)10-17-12(16)18-11-8-9-11/h11H,6-10H2,1-5H3,(H,19,20)(H3,16,17,18). The number of nitrogens with zero attached hydrogens (tertiary/aromatic N) is 1. The number of guanidine groups is 1. The van der Waals surface area contributed by atoms with E-state index in [1.807, 2.05) is 34.6 Å². The second kappa shape index (κ2) is 7.00. The van der Waals surface area contributed by atoms with Gasteiger partial charge in [-0.25, -0.2) is 4.79 Å². The number of hydrogen-bond donors (Lipinski definition) is 3. The molecule has 0 heterocycles. The molecule has 21 heavy (non-hydrogen) atoms. The molecule has 0 aliphatic heterocycles. The fourth-order valence-electron chi connectivity index (χ4n) is 1.93. The quantitative estimate of drug-likeness (QED) is 0.518. The first kappa shape index (κ1) is 17.6. The van der Waals surface area contributed by atoms with Crippen molar-refractivity contribution in [3.05, 3.63) is 0 Å². The minimum atomic E-state index is -0.507. The Morgan fingerprint density at radius 3 is 2.29 bits per heavy atom. The van der Waals surface area contributed by atoms with E-state index < -0.39 is 17.2 Å². The fraction of sp³-hybridized carbons (Fsp3) is 0.867. The van der Waals surface area contributed by atoms with Gasteiger partial charge >= 0.3 is 6.09 Å². The van der Waals surface area contributed by atoms with E-state index in [0.717, 1.165) is 25.7 Å². The van der Waals surface area contributed by atoms with Crippen molar-refractivity contribution in [1.82, 2.24) is 10.6 Å². The van der Waals surface area contributed by atoms with Gasteiger partial charge in [-0.1, -0.05) is 13.8 Å². The maximum Gasteiger partial charge on any atom is 0.408 e. The Morgan fingerprint density at radius 1 is 1.29 bits per heavy atom. The number of nitrogens with two attached hydrogens (primary N) is 1. The molecule has 0 aromatic rings. The number of carbonyl (C=O) groups excluding carboxylic acids is 1. The average Bonchev–Trinajstić information content (AvgIpc) is 3.16. The van der Waals surface area contributed by atoms with Crippen molar-refractivity contribution in [2.45, 2.75) is 77.5 Å². The van der Waals surface area contributed by atoms with Crippen LogP contribution in [0.1, 0.15) is 60.3 Å². The molecule has 1 rings (SSSR count). The number of carbonyl (C=O) groups is 1. The highest BCUT2D eigenvalue weighted by molar-refractivity contribution is 5.78. The molecule has 122 valence electrons. The van der Waals surface area contributed by atoms with Gasteiger partial charge in [0, 0.05) is 6.04 Å². The number of aliphatic imine (C=N–C) groups is 1. The summed E-state index contributed by atoms with van der Waals surface area (Å²) in [6, 6.07) is 0.477. The van der Waals surface area contributed by atoms with Crippen LogP contribution in [0.2, 0.25) is 0 Å². The number of rotatable bonds is 6. The second-order valence-corrected chi connectivity index (χ2v) is 6.73. The van der Waals surface area contributed by atoms with Crippen LogP contribution in [-0.4, -0.2) is 35.8 Å². The summed E-state index contributed by atoms with van der Waals surface area (Å²) < 4.78 is 5.33. The SMILES string of the molecule is CCC(CC)(CN=C(N)NC1CC1)NC(=O)OC(C)(C)C. The third-order valence-corrected chi connectivity index (χ3v) is 3.60. The summed E-state index contributed by atoms with van der Waals surface area (Å²) >= 11 is 0. The van der Waals surface area contributed by atoms with Gasteiger partial charge in [-0.05, 0) is 46.5 Å². The summed E-state index contributed by atoms with van der Waals surface area (Å²) in [6.45, 7) is 10.1. The lowest BCUT2D eigenvalue weighted by atomic mass is 9.93. The van der Waals surface area contributed by atoms with E-state index in [4.69, 9.17) is 10.5 Å². The van der Waals surface area contributed by atoms with Crippen LogP contribution in [0.25, 0.3) is 0 Å². The van der Waals surface area contributed by atoms with Crippen molar-refractivity contribution in [2.24, 2.45) is 10.7 Å². The Hall–Kier alpha value is -1.46. The van der Waals surface area contributed by atoms with E-state index in [0.29, 0.717) is 18.5 Å². The monoisotopic (exact) mass is 298 g/mol. The van der Waals surface area contributed by atoms with Crippen molar-refractivity contribution in [1.29, 1.82) is 0 Å². The van der Waals surface area contributed by atoms with Crippen LogP contribution < -0.4 is 16.4 Å². The molecular weight excluding hydrogens is 268 g/mol. The zero-order valence-corrected chi connectivity index (χ0v) is 14.0. The van der Waals surface area contributed by atoms with E-state index in [2.05, 4.69) is 15.6 Å². The predicted molar refractivity (Wildman–Crippen MR) is 85.3 cm³/mol. The van der Waals surface area contributed by atoms with Gasteiger partial charge < -0.3 is 21.1 Å². The molecule has 1 aliphatic rings. The predicted octanol–water partition coefficient (Wildman–Crippen LogP) is 2.14. The van der Waals surface area contributed by atoms with Crippen LogP contribution in [0.15, 0.2) is 4.99 Å². The number of ether oxygens (including phenoxy) is 1. The molecule has 0 unspecified atom stereocenters. The summed E-state index contributed by atoms with van der Waals surface area (Å²) in [5.74, 6) is 0.453. The summed E-state index contributed by atoms with van der Waals surface area (Å²) in [5, 5.41) is 6.11. The molecule has 0 aromatic heterocycles. The van der Waals surface area contributed by atoms with Gasteiger partial charge in [-0.15, -0.1) is 0 Å². The first-order valence-corrected chi connectivity index (χ1v) is 7.77. The number of hydrogen-bond acceptors (Lipinski definition) is 3. The molecule has 0 spiro atoms. The van der Waals surface area contributed by atoms with Gasteiger partial charge in [0.15, 0.2) is 5.96 Å². The molecule has 1 fully saturated rings. The lowest BCUT2D eigenvalue weighted by molar-refractivity contribution is 0.0452. The molecule has 6 heteroatoms. The Balaban J connectivity index is 2.61. The highest BCUT2D eigenvalue weighted by Crippen LogP contribution is 2.19. The van der Waals surface area contributed by atoms with Gasteiger partial charge in [-0.2, -0.15) is 0 Å². The normalized spacial score (nSPS) is 16.5. The summed E-state index contributed by atoms with van der Waals surface area (Å²) in [4.78, 5) is 16.4. The first-order valence-electron chi connectivity index (χ1n) is 7.77. The molecule has 0 atom stereocenters. The summed E-state index contributed by atoms with van der Waals surface area (Å²) in [7, 11) is 0. The number of nitrogens with one attached hydrogen (secondary N) is 2. The zero-order valence-electron chi connectivity index (χ0n) is 14.0. The van der Waals surface area contributed by atoms with Crippen LogP contribution in [0, 0.1) is 0 Å². The van der Waals surface area contributed by atoms with E-state index in [1.54, 1.807) is 0 Å².